The number of hydrogen-bond acceptors (Lipinski definition) is 7. The van der Waals surface area contributed by atoms with Crippen LogP contribution in [0.2, 0.25) is 0 Å². The number of aromatic nitrogens is 2. The second-order valence-electron chi connectivity index (χ2n) is 16.3. The summed E-state index contributed by atoms with van der Waals surface area (Å²) in [7, 11) is 6.99. The van der Waals surface area contributed by atoms with Crippen molar-refractivity contribution in [3.8, 4) is 5.75 Å². The van der Waals surface area contributed by atoms with E-state index < -0.39 is 5.41 Å². The molecule has 2 aliphatic carbocycles. The number of esters is 2. The molecule has 2 N–H and O–H groups in total. The minimum absolute atomic E-state index is 0.00122. The Labute approximate surface area is 306 Å². The summed E-state index contributed by atoms with van der Waals surface area (Å²) in [6.07, 6.45) is 7.59. The molecule has 6 bridgehead atoms. The highest BCUT2D eigenvalue weighted by Crippen LogP contribution is 2.56. The number of carbonyl (C=O) groups is 2. The Balaban J connectivity index is 1.27. The number of piperidine rings is 3. The van der Waals surface area contributed by atoms with Crippen LogP contribution >= 0.6 is 0 Å². The molecule has 9 heteroatoms. The van der Waals surface area contributed by atoms with Gasteiger partial charge in [-0.1, -0.05) is 43.2 Å². The van der Waals surface area contributed by atoms with Crippen molar-refractivity contribution in [3.63, 3.8) is 0 Å². The molecule has 6 heterocycles. The third-order valence-corrected chi connectivity index (χ3v) is 14.1. The number of nitrogens with zero attached hydrogens (tertiary/aromatic N) is 2. The second kappa shape index (κ2) is 12.5. The quantitative estimate of drug-likeness (QED) is 0.181. The van der Waals surface area contributed by atoms with Crippen LogP contribution in [0.1, 0.15) is 73.5 Å². The van der Waals surface area contributed by atoms with Crippen LogP contribution in [-0.2, 0) is 37.3 Å². The average molecular weight is 705 g/mol. The lowest BCUT2D eigenvalue weighted by atomic mass is 9.56. The molecule has 3 unspecified atom stereocenters. The molecule has 9 nitrogen and oxygen atoms in total. The first-order valence-corrected chi connectivity index (χ1v) is 19.3. The molecule has 2 aromatic carbocycles. The molecule has 0 spiro atoms. The number of aromatic amines is 2. The first kappa shape index (κ1) is 33.7. The minimum atomic E-state index is -0.725. The summed E-state index contributed by atoms with van der Waals surface area (Å²) < 4.78 is 17.6. The van der Waals surface area contributed by atoms with Crippen molar-refractivity contribution >= 4 is 33.7 Å². The molecule has 9 atom stereocenters. The zero-order valence-electron chi connectivity index (χ0n) is 31.4. The predicted molar refractivity (Wildman–Crippen MR) is 202 cm³/mol. The summed E-state index contributed by atoms with van der Waals surface area (Å²) in [4.78, 5) is 40.8. The van der Waals surface area contributed by atoms with Gasteiger partial charge in [-0.2, -0.15) is 0 Å². The Bertz CT molecular complexity index is 2110. The number of fused-ring (bicyclic) bond motifs is 9. The van der Waals surface area contributed by atoms with Gasteiger partial charge in [0.1, 0.15) is 11.2 Å². The van der Waals surface area contributed by atoms with Gasteiger partial charge in [-0.3, -0.25) is 19.4 Å². The second-order valence-corrected chi connectivity index (χ2v) is 16.3. The number of para-hydroxylation sites is 1. The summed E-state index contributed by atoms with van der Waals surface area (Å²) in [6, 6.07) is 13.2. The fourth-order valence-corrected chi connectivity index (χ4v) is 12.1. The molecule has 52 heavy (non-hydrogen) atoms. The van der Waals surface area contributed by atoms with Gasteiger partial charge in [0.2, 0.25) is 0 Å². The SMILES string of the molecule is C/C=C1/CN(C)[C@@H]2Cc3c([nH]c4ccccc34)C(c3cc4[nH]c5c(c4cc3OC)CCN3C[C@@H]4C[C@H](CC)[C@H]3[C@@]5(C(=O)OC)C4)CC1[C@@H]2C(=O)OC. The Morgan fingerprint density at radius 1 is 1.02 bits per heavy atom. The Kier molecular flexibility index (Phi) is 8.12. The Morgan fingerprint density at radius 2 is 1.85 bits per heavy atom. The Morgan fingerprint density at radius 3 is 2.60 bits per heavy atom. The number of likely N-dealkylation sites (tertiary alicyclic amines) is 1. The van der Waals surface area contributed by atoms with E-state index in [1.165, 1.54) is 41.3 Å². The lowest BCUT2D eigenvalue weighted by Crippen LogP contribution is -2.67. The van der Waals surface area contributed by atoms with Gasteiger partial charge >= 0.3 is 11.9 Å². The van der Waals surface area contributed by atoms with Gasteiger partial charge in [0.15, 0.2) is 0 Å². The summed E-state index contributed by atoms with van der Waals surface area (Å²) in [5.41, 5.74) is 8.48. The molecule has 4 fully saturated rings. The average Bonchev–Trinajstić information content (AvgIpc) is 3.69. The van der Waals surface area contributed by atoms with Gasteiger partial charge in [0, 0.05) is 76.4 Å². The maximum absolute atomic E-state index is 14.2. The van der Waals surface area contributed by atoms with E-state index in [-0.39, 0.29) is 41.8 Å². The van der Waals surface area contributed by atoms with Crippen LogP contribution in [0.3, 0.4) is 0 Å². The van der Waals surface area contributed by atoms with Crippen LogP contribution in [-0.4, -0.2) is 91.8 Å². The zero-order valence-corrected chi connectivity index (χ0v) is 31.4. The normalized spacial score (nSPS) is 33.2. The first-order chi connectivity index (χ1) is 25.3. The van der Waals surface area contributed by atoms with E-state index in [4.69, 9.17) is 14.2 Å². The molecule has 0 radical (unpaired) electrons. The van der Waals surface area contributed by atoms with E-state index in [1.54, 1.807) is 14.2 Å². The van der Waals surface area contributed by atoms with Crippen LogP contribution in [0, 0.1) is 23.7 Å². The zero-order chi connectivity index (χ0) is 36.1. The van der Waals surface area contributed by atoms with Crippen LogP contribution in [0.5, 0.6) is 5.75 Å². The van der Waals surface area contributed by atoms with E-state index in [1.807, 2.05) is 0 Å². The van der Waals surface area contributed by atoms with Gasteiger partial charge < -0.3 is 24.2 Å². The van der Waals surface area contributed by atoms with Gasteiger partial charge in [-0.15, -0.1) is 0 Å². The van der Waals surface area contributed by atoms with Crippen LogP contribution in [0.25, 0.3) is 21.8 Å². The maximum atomic E-state index is 14.2. The first-order valence-electron chi connectivity index (χ1n) is 19.3. The third-order valence-electron chi connectivity index (χ3n) is 14.1. The van der Waals surface area contributed by atoms with Crippen molar-refractivity contribution < 1.29 is 23.8 Å². The Hall–Kier alpha value is -4.08. The highest BCUT2D eigenvalue weighted by atomic mass is 16.5. The topological polar surface area (TPSA) is 99.9 Å². The van der Waals surface area contributed by atoms with Gasteiger partial charge in [0.25, 0.3) is 0 Å². The summed E-state index contributed by atoms with van der Waals surface area (Å²) in [5.74, 6) is 1.11. The van der Waals surface area contributed by atoms with Crippen LogP contribution in [0.15, 0.2) is 48.0 Å². The summed E-state index contributed by atoms with van der Waals surface area (Å²) >= 11 is 0. The maximum Gasteiger partial charge on any atom is 0.319 e. The van der Waals surface area contributed by atoms with Crippen LogP contribution < -0.4 is 4.74 Å². The number of rotatable bonds is 5. The van der Waals surface area contributed by atoms with Crippen LogP contribution in [0.4, 0.5) is 0 Å². The number of carbonyl (C=O) groups excluding carboxylic acids is 2. The van der Waals surface area contributed by atoms with Crippen molar-refractivity contribution in [2.75, 3.05) is 48.0 Å². The lowest BCUT2D eigenvalue weighted by molar-refractivity contribution is -0.162. The third kappa shape index (κ3) is 4.67. The summed E-state index contributed by atoms with van der Waals surface area (Å²) in [6.45, 7) is 7.17. The fourth-order valence-electron chi connectivity index (χ4n) is 12.1. The van der Waals surface area contributed by atoms with Crippen molar-refractivity contribution in [1.82, 2.24) is 19.8 Å². The number of benzene rings is 2. The largest absolute Gasteiger partial charge is 0.496 e. The number of methoxy groups -OCH3 is 3. The van der Waals surface area contributed by atoms with Crippen molar-refractivity contribution in [3.05, 3.63) is 76.1 Å². The number of likely N-dealkylation sites (N-methyl/N-ethyl adjacent to an activating group) is 1. The summed E-state index contributed by atoms with van der Waals surface area (Å²) in [5, 5.41) is 2.32. The lowest BCUT2D eigenvalue weighted by Gasteiger charge is -2.57. The van der Waals surface area contributed by atoms with E-state index in [9.17, 15) is 9.59 Å². The molecule has 6 aliphatic rings. The smallest absolute Gasteiger partial charge is 0.319 e. The highest BCUT2D eigenvalue weighted by molar-refractivity contribution is 5.93. The monoisotopic (exact) mass is 704 g/mol. The molecule has 3 saturated heterocycles. The van der Waals surface area contributed by atoms with Crippen molar-refractivity contribution in [2.45, 2.75) is 75.8 Å². The molecule has 1 saturated carbocycles. The van der Waals surface area contributed by atoms with E-state index >= 15 is 0 Å². The molecular formula is C43H52N4O5. The number of ether oxygens (including phenoxy) is 3. The van der Waals surface area contributed by atoms with Gasteiger partial charge in [-0.25, -0.2) is 0 Å². The minimum Gasteiger partial charge on any atom is -0.496 e. The molecule has 4 aromatic rings. The van der Waals surface area contributed by atoms with Crippen molar-refractivity contribution in [2.24, 2.45) is 23.7 Å². The van der Waals surface area contributed by atoms with E-state index in [0.29, 0.717) is 11.8 Å². The van der Waals surface area contributed by atoms with Gasteiger partial charge in [0.05, 0.1) is 27.2 Å². The number of hydrogen-bond donors (Lipinski definition) is 2. The fraction of sp³-hybridized carbons (Fsp3) is 0.535. The van der Waals surface area contributed by atoms with E-state index in [0.717, 1.165) is 85.2 Å². The predicted octanol–water partition coefficient (Wildman–Crippen LogP) is 6.49. The molecule has 274 valence electrons. The standard InChI is InChI=1S/C43H52N4O5/c1-7-24-15-23-20-43(42(49)52-6)39-27(13-14-47(21-23)40(24)43)29-19-36(50-4)30(17-34(29)45-39)31-16-28-25(8-2)22-46(3)35(37(28)41(48)51-5)18-32-26-11-9-10-12-33(26)44-38(31)32/h8-12,17,19,23-24,28,31,35,37,40,44-45H,7,13-16,18,20-22H2,1-6H3/b25-8-/t23-,24+,28?,31?,35-,37+,40+,43-/m1/s1. The molecule has 0 amide bonds. The van der Waals surface area contributed by atoms with Crippen molar-refractivity contribution in [1.29, 1.82) is 0 Å². The molecule has 4 aliphatic heterocycles. The molecule has 10 rings (SSSR count). The highest BCUT2D eigenvalue weighted by Gasteiger charge is 2.62. The molecule has 2 aromatic heterocycles. The number of allylic oxidation sites excluding steroid dienone is 1. The molecular weight excluding hydrogens is 652 g/mol. The van der Waals surface area contributed by atoms with E-state index in [2.05, 4.69) is 83.1 Å². The number of H-pyrrole nitrogens is 2. The number of nitrogens with one attached hydrogen (secondary N) is 2. The van der Waals surface area contributed by atoms with Gasteiger partial charge in [-0.05, 0) is 93.2 Å².